The number of nitrogens with zero attached hydrogens (tertiary/aromatic N) is 4. The van der Waals surface area contributed by atoms with Crippen LogP contribution in [0.3, 0.4) is 0 Å². The highest BCUT2D eigenvalue weighted by Crippen LogP contribution is 2.63. The van der Waals surface area contributed by atoms with E-state index in [1.165, 1.54) is 65.7 Å². The molecule has 0 N–H and O–H groups in total. The number of benzene rings is 9. The third kappa shape index (κ3) is 7.37. The number of nitriles is 1. The van der Waals surface area contributed by atoms with Gasteiger partial charge in [-0.3, -0.25) is 0 Å². The van der Waals surface area contributed by atoms with Crippen LogP contribution in [-0.2, 0) is 4.66 Å². The summed E-state index contributed by atoms with van der Waals surface area (Å²) in [5.74, 6) is 0.859. The van der Waals surface area contributed by atoms with Crippen LogP contribution in [0.2, 0.25) is 39.3 Å². The summed E-state index contributed by atoms with van der Waals surface area (Å²) in [5, 5.41) is 17.4. The number of anilines is 6. The minimum absolute atomic E-state index is 0.156. The van der Waals surface area contributed by atoms with E-state index in [0.29, 0.717) is 23.1 Å². The molecule has 0 fully saturated rings. The largest absolute Gasteiger partial charge is 0.311 e. The van der Waals surface area contributed by atoms with Gasteiger partial charge in [-0.25, -0.2) is 4.85 Å². The molecule has 1 aliphatic rings. The Morgan fingerprint density at radius 3 is 1.43 bits per heavy atom. The third-order valence-electron chi connectivity index (χ3n) is 14.9. The second-order valence-corrected chi connectivity index (χ2v) is 32.6. The van der Waals surface area contributed by atoms with E-state index in [4.69, 9.17) is 6.57 Å². The fourth-order valence-corrected chi connectivity index (χ4v) is 25.1. The molecule has 9 aromatic carbocycles. The molecule has 1 aliphatic carbocycles. The Hall–Kier alpha value is -7.23. The minimum atomic E-state index is -2.17. The van der Waals surface area contributed by atoms with Gasteiger partial charge in [0, 0.05) is 38.8 Å². The Bertz CT molecular complexity index is 3510. The Morgan fingerprint density at radius 1 is 0.478 bits per heavy atom. The first-order valence-electron chi connectivity index (χ1n) is 24.4. The van der Waals surface area contributed by atoms with Gasteiger partial charge in [-0.05, 0) is 162 Å². The second-order valence-electron chi connectivity index (χ2n) is 21.6. The maximum absolute atomic E-state index is 9.71. The summed E-state index contributed by atoms with van der Waals surface area (Å²) in [6, 6.07) is 64.5. The molecule has 0 spiro atoms. The van der Waals surface area contributed by atoms with Crippen LogP contribution in [0.1, 0.15) is 67.3 Å². The Labute approximate surface area is 411 Å². The van der Waals surface area contributed by atoms with Crippen LogP contribution in [0, 0.1) is 17.9 Å². The molecule has 0 bridgehead atoms. The van der Waals surface area contributed by atoms with E-state index in [0.717, 1.165) is 34.1 Å². The second kappa shape index (κ2) is 17.1. The molecule has 0 heterocycles. The maximum Gasteiger partial charge on any atom is 0.187 e. The third-order valence-corrected chi connectivity index (χ3v) is 24.9. The number of hydrogen-bond acceptors (Lipinski definition) is 3. The van der Waals surface area contributed by atoms with Crippen molar-refractivity contribution in [3.8, 4) is 17.2 Å². The van der Waals surface area contributed by atoms with Crippen molar-refractivity contribution in [1.82, 2.24) is 0 Å². The monoisotopic (exact) mass is 928 g/mol. The lowest BCUT2D eigenvalue weighted by molar-refractivity contribution is 0.866. The molecule has 0 saturated carbocycles. The van der Waals surface area contributed by atoms with Crippen molar-refractivity contribution >= 4 is 88.3 Å². The zero-order valence-corrected chi connectivity index (χ0v) is 43.6. The molecular weight excluding hydrogens is 869 g/mol. The topological polar surface area (TPSA) is 34.6 Å². The summed E-state index contributed by atoms with van der Waals surface area (Å²) in [6.45, 7) is 32.4. The molecule has 69 heavy (non-hydrogen) atoms. The van der Waals surface area contributed by atoms with Gasteiger partial charge < -0.3 is 9.80 Å². The lowest BCUT2D eigenvalue weighted by atomic mass is 9.91. The van der Waals surface area contributed by atoms with Crippen LogP contribution in [0.4, 0.5) is 39.8 Å². The van der Waals surface area contributed by atoms with E-state index >= 15 is 0 Å². The molecule has 0 aromatic heterocycles. The zero-order chi connectivity index (χ0) is 48.6. The molecule has 0 radical (unpaired) electrons. The molecular formula is C63H60N4Si2. The van der Waals surface area contributed by atoms with Crippen molar-refractivity contribution < 1.29 is 0 Å². The summed E-state index contributed by atoms with van der Waals surface area (Å²) in [7, 11) is -4.35. The SMILES string of the molecule is [C-]#[N+]c1ccc(N(c2ccc(C(C)C)cc2)c2ccc3c4c(c5ccccc5c3c2)-c2ccc3cc(N(c5ccc(C#N)cc5)c5ccc(C(C)C)cc5)ccc3c2C4([Si](C)(C)C)[Si](C)(C)C)cc1. The molecule has 6 heteroatoms. The molecule has 340 valence electrons. The molecule has 0 unspecified atom stereocenters. The van der Waals surface area contributed by atoms with E-state index in [1.54, 1.807) is 0 Å². The Kier molecular flexibility index (Phi) is 11.3. The van der Waals surface area contributed by atoms with Gasteiger partial charge in [0.05, 0.1) is 34.4 Å². The van der Waals surface area contributed by atoms with Gasteiger partial charge in [-0.1, -0.05) is 152 Å². The van der Waals surface area contributed by atoms with Crippen LogP contribution in [0.15, 0.2) is 170 Å². The molecule has 0 saturated heterocycles. The van der Waals surface area contributed by atoms with Crippen LogP contribution in [0.5, 0.6) is 0 Å². The van der Waals surface area contributed by atoms with E-state index in [2.05, 4.69) is 233 Å². The number of hydrogen-bond donors (Lipinski definition) is 0. The molecule has 0 aliphatic heterocycles. The summed E-state index contributed by atoms with van der Waals surface area (Å²) in [6.07, 6.45) is 0. The van der Waals surface area contributed by atoms with Crippen molar-refractivity contribution in [3.05, 3.63) is 209 Å². The summed E-state index contributed by atoms with van der Waals surface area (Å²) >= 11 is 0. The number of rotatable bonds is 10. The predicted molar refractivity (Wildman–Crippen MR) is 300 cm³/mol. The van der Waals surface area contributed by atoms with Gasteiger partial charge in [0.15, 0.2) is 5.69 Å². The minimum Gasteiger partial charge on any atom is -0.311 e. The normalized spacial score (nSPS) is 13.1. The smallest absolute Gasteiger partial charge is 0.187 e. The van der Waals surface area contributed by atoms with Crippen LogP contribution in [0.25, 0.3) is 48.3 Å². The van der Waals surface area contributed by atoms with Gasteiger partial charge in [-0.15, -0.1) is 0 Å². The van der Waals surface area contributed by atoms with Gasteiger partial charge >= 0.3 is 0 Å². The predicted octanol–water partition coefficient (Wildman–Crippen LogP) is 18.8. The molecule has 10 rings (SSSR count). The van der Waals surface area contributed by atoms with Crippen LogP contribution in [-0.4, -0.2) is 16.1 Å². The van der Waals surface area contributed by atoms with Crippen molar-refractivity contribution in [2.75, 3.05) is 9.80 Å². The van der Waals surface area contributed by atoms with E-state index in [-0.39, 0.29) is 4.66 Å². The Balaban J connectivity index is 1.23. The average molecular weight is 929 g/mol. The van der Waals surface area contributed by atoms with Crippen LogP contribution >= 0.6 is 0 Å². The highest BCUT2D eigenvalue weighted by molar-refractivity contribution is 7.00. The van der Waals surface area contributed by atoms with E-state index < -0.39 is 16.1 Å². The van der Waals surface area contributed by atoms with Gasteiger partial charge in [0.2, 0.25) is 0 Å². The Morgan fingerprint density at radius 2 is 0.942 bits per heavy atom. The van der Waals surface area contributed by atoms with E-state index in [9.17, 15) is 5.26 Å². The first-order chi connectivity index (χ1) is 33.0. The molecule has 4 nitrogen and oxygen atoms in total. The summed E-state index contributed by atoms with van der Waals surface area (Å²) < 4.78 is -0.156. The fourth-order valence-electron chi connectivity index (χ4n) is 12.1. The van der Waals surface area contributed by atoms with E-state index in [1.807, 2.05) is 24.3 Å². The van der Waals surface area contributed by atoms with Crippen LogP contribution < -0.4 is 9.80 Å². The van der Waals surface area contributed by atoms with Gasteiger partial charge in [0.1, 0.15) is 0 Å². The molecule has 0 amide bonds. The van der Waals surface area contributed by atoms with Crippen molar-refractivity contribution in [2.45, 2.75) is 83.5 Å². The molecule has 9 aromatic rings. The fraction of sp³-hybridized carbons (Fsp3) is 0.206. The first kappa shape index (κ1) is 45.6. The summed E-state index contributed by atoms with van der Waals surface area (Å²) in [4.78, 5) is 8.40. The highest BCUT2D eigenvalue weighted by Gasteiger charge is 2.60. The zero-order valence-electron chi connectivity index (χ0n) is 41.6. The van der Waals surface area contributed by atoms with Crippen molar-refractivity contribution in [2.24, 2.45) is 0 Å². The van der Waals surface area contributed by atoms with Crippen molar-refractivity contribution in [1.29, 1.82) is 5.26 Å². The highest BCUT2D eigenvalue weighted by atomic mass is 28.4. The summed E-state index contributed by atoms with van der Waals surface area (Å²) in [5.41, 5.74) is 16.1. The first-order valence-corrected chi connectivity index (χ1v) is 31.4. The standard InChI is InChI=1S/C63H60N4Si2/c1-41(2)44-18-27-49(28-19-44)66(48-25-16-43(40-64)17-26-48)52-33-36-54-46(38-52)22-35-58-60-56-15-13-12-14-55(56)59-39-53(34-37-57(59)62(60)63(61(54)58,68(6,7)8)69(9,10)11)67(51-31-23-47(65-5)24-32-51)50-29-20-45(21-30-50)42(3)4/h12-39,41-42H,1-4,6-11H3. The van der Waals surface area contributed by atoms with Crippen molar-refractivity contribution in [3.63, 3.8) is 0 Å². The quantitative estimate of drug-likeness (QED) is 0.0779. The van der Waals surface area contributed by atoms with Gasteiger partial charge in [-0.2, -0.15) is 5.26 Å². The average Bonchev–Trinajstić information content (AvgIpc) is 3.69. The lowest BCUT2D eigenvalue weighted by Crippen LogP contribution is -2.63. The van der Waals surface area contributed by atoms with Gasteiger partial charge in [0.25, 0.3) is 0 Å². The molecule has 0 atom stereocenters. The lowest BCUT2D eigenvalue weighted by Gasteiger charge is -2.52. The maximum atomic E-state index is 9.71. The number of fused-ring (bicyclic) bond motifs is 10.